The number of carbonyl (C=O) groups excluding carboxylic acids is 2. The lowest BCUT2D eigenvalue weighted by Crippen LogP contribution is -2.61. The highest BCUT2D eigenvalue weighted by Crippen LogP contribution is 2.41. The Bertz CT molecular complexity index is 859. The van der Waals surface area contributed by atoms with E-state index < -0.39 is 12.2 Å². The maximum absolute atomic E-state index is 12.8. The summed E-state index contributed by atoms with van der Waals surface area (Å²) in [6, 6.07) is 7.18. The van der Waals surface area contributed by atoms with E-state index in [1.165, 1.54) is 11.9 Å². The van der Waals surface area contributed by atoms with Crippen molar-refractivity contribution < 1.29 is 9.59 Å². The molecule has 0 aliphatic carbocycles. The van der Waals surface area contributed by atoms with E-state index in [2.05, 4.69) is 10.2 Å². The summed E-state index contributed by atoms with van der Waals surface area (Å²) in [5, 5.41) is 8.66. The van der Waals surface area contributed by atoms with E-state index in [1.54, 1.807) is 11.9 Å². The Morgan fingerprint density at radius 3 is 2.40 bits per heavy atom. The van der Waals surface area contributed by atoms with Crippen LogP contribution in [0.25, 0.3) is 11.4 Å². The first-order chi connectivity index (χ1) is 12.0. The van der Waals surface area contributed by atoms with Gasteiger partial charge in [-0.3, -0.25) is 14.3 Å². The predicted molar refractivity (Wildman–Crippen MR) is 92.0 cm³/mol. The monoisotopic (exact) mass is 340 g/mol. The molecule has 0 spiro atoms. The molecule has 1 aromatic heterocycles. The number of amides is 3. The molecule has 1 fully saturated rings. The van der Waals surface area contributed by atoms with Crippen molar-refractivity contribution >= 4 is 17.9 Å². The lowest BCUT2D eigenvalue weighted by atomic mass is 10.1. The lowest BCUT2D eigenvalue weighted by molar-refractivity contribution is -0.133. The molecule has 8 nitrogen and oxygen atoms in total. The Morgan fingerprint density at radius 2 is 1.76 bits per heavy atom. The number of fused-ring (bicyclic) bond motifs is 3. The van der Waals surface area contributed by atoms with Crippen LogP contribution in [0.3, 0.4) is 0 Å². The number of hydrogen-bond donors (Lipinski definition) is 0. The molecule has 2 unspecified atom stereocenters. The first kappa shape index (κ1) is 15.6. The van der Waals surface area contributed by atoms with Gasteiger partial charge in [0, 0.05) is 26.2 Å². The maximum atomic E-state index is 12.8. The molecular formula is C17H20N6O2. The topological polar surface area (TPSA) is 74.6 Å². The molecule has 4 rings (SSSR count). The molecule has 2 atom stereocenters. The third kappa shape index (κ3) is 2.00. The van der Waals surface area contributed by atoms with Crippen molar-refractivity contribution in [2.45, 2.75) is 26.1 Å². The summed E-state index contributed by atoms with van der Waals surface area (Å²) in [4.78, 5) is 29.9. The number of likely N-dealkylation sites (N-methyl/N-ethyl adjacent to an activating group) is 3. The average molecular weight is 340 g/mol. The van der Waals surface area contributed by atoms with E-state index in [9.17, 15) is 9.59 Å². The van der Waals surface area contributed by atoms with E-state index >= 15 is 0 Å². The zero-order valence-corrected chi connectivity index (χ0v) is 14.7. The summed E-state index contributed by atoms with van der Waals surface area (Å²) in [6.45, 7) is 4.60. The smallest absolute Gasteiger partial charge is 0.325 e. The highest BCUT2D eigenvalue weighted by molar-refractivity contribution is 6.01. The second-order valence-electron chi connectivity index (χ2n) is 6.49. The summed E-state index contributed by atoms with van der Waals surface area (Å²) < 4.78 is 1.90. The zero-order chi connectivity index (χ0) is 17.9. The molecule has 1 saturated heterocycles. The van der Waals surface area contributed by atoms with Crippen LogP contribution in [0.1, 0.15) is 18.7 Å². The van der Waals surface area contributed by atoms with Gasteiger partial charge in [-0.25, -0.2) is 4.79 Å². The van der Waals surface area contributed by atoms with Crippen molar-refractivity contribution in [3.8, 4) is 11.4 Å². The first-order valence-corrected chi connectivity index (χ1v) is 8.28. The molecule has 0 radical (unpaired) electrons. The van der Waals surface area contributed by atoms with Crippen molar-refractivity contribution in [3.05, 3.63) is 29.8 Å². The molecule has 2 aliphatic rings. The van der Waals surface area contributed by atoms with Crippen LogP contribution in [0.2, 0.25) is 0 Å². The number of carbonyl (C=O) groups is 2. The van der Waals surface area contributed by atoms with Gasteiger partial charge in [-0.1, -0.05) is 29.8 Å². The second-order valence-corrected chi connectivity index (χ2v) is 6.49. The van der Waals surface area contributed by atoms with E-state index in [1.807, 2.05) is 47.6 Å². The zero-order valence-electron chi connectivity index (χ0n) is 14.7. The summed E-state index contributed by atoms with van der Waals surface area (Å²) in [5.74, 6) is 1.07. The van der Waals surface area contributed by atoms with Gasteiger partial charge in [0.2, 0.25) is 5.95 Å². The van der Waals surface area contributed by atoms with Crippen LogP contribution < -0.4 is 4.90 Å². The Morgan fingerprint density at radius 1 is 1.08 bits per heavy atom. The van der Waals surface area contributed by atoms with Crippen molar-refractivity contribution in [2.24, 2.45) is 0 Å². The molecular weight excluding hydrogens is 320 g/mol. The van der Waals surface area contributed by atoms with Crippen molar-refractivity contribution in [3.63, 3.8) is 0 Å². The standard InChI is InChI=1S/C17H20N6O2/c1-5-22-12-14(20(3)17(25)21(4)15(12)24)23-13(18-19-16(22)23)11-8-6-10(2)7-9-11/h6-9,12,14H,5H2,1-4H3. The summed E-state index contributed by atoms with van der Waals surface area (Å²) in [7, 11) is 3.23. The molecule has 8 heteroatoms. The van der Waals surface area contributed by atoms with E-state index in [-0.39, 0.29) is 11.9 Å². The molecule has 25 heavy (non-hydrogen) atoms. The summed E-state index contributed by atoms with van der Waals surface area (Å²) >= 11 is 0. The number of aryl methyl sites for hydroxylation is 1. The molecule has 0 N–H and O–H groups in total. The fourth-order valence-electron chi connectivity index (χ4n) is 3.67. The normalized spacial score (nSPS) is 22.5. The number of benzene rings is 1. The highest BCUT2D eigenvalue weighted by atomic mass is 16.2. The molecule has 2 aliphatic heterocycles. The quantitative estimate of drug-likeness (QED) is 0.828. The van der Waals surface area contributed by atoms with Gasteiger partial charge in [-0.2, -0.15) is 0 Å². The number of anilines is 1. The van der Waals surface area contributed by atoms with Crippen molar-refractivity contribution in [1.29, 1.82) is 0 Å². The predicted octanol–water partition coefficient (Wildman–Crippen LogP) is 1.48. The number of imide groups is 1. The van der Waals surface area contributed by atoms with Crippen molar-refractivity contribution in [1.82, 2.24) is 24.6 Å². The third-order valence-corrected chi connectivity index (χ3v) is 5.04. The average Bonchev–Trinajstić information content (AvgIpc) is 3.16. The van der Waals surface area contributed by atoms with Gasteiger partial charge in [0.1, 0.15) is 6.17 Å². The number of urea groups is 1. The van der Waals surface area contributed by atoms with Gasteiger partial charge in [0.25, 0.3) is 5.91 Å². The highest BCUT2D eigenvalue weighted by Gasteiger charge is 2.53. The Kier molecular flexibility index (Phi) is 3.31. The minimum absolute atomic E-state index is 0.213. The SMILES string of the molecule is CCN1c2nnc(-c3ccc(C)cc3)n2C2C1C(=O)N(C)C(=O)N2C. The minimum Gasteiger partial charge on any atom is -0.325 e. The number of rotatable bonds is 2. The lowest BCUT2D eigenvalue weighted by Gasteiger charge is -2.40. The Hall–Kier alpha value is -2.90. The largest absolute Gasteiger partial charge is 0.327 e. The van der Waals surface area contributed by atoms with Crippen LogP contribution in [0, 0.1) is 6.92 Å². The van der Waals surface area contributed by atoms with E-state index in [4.69, 9.17) is 0 Å². The van der Waals surface area contributed by atoms with Crippen LogP contribution in [-0.4, -0.2) is 63.2 Å². The molecule has 0 saturated carbocycles. The van der Waals surface area contributed by atoms with Gasteiger partial charge in [-0.15, -0.1) is 10.2 Å². The van der Waals surface area contributed by atoms with Crippen molar-refractivity contribution in [2.75, 3.05) is 25.5 Å². The van der Waals surface area contributed by atoms with E-state index in [0.717, 1.165) is 11.1 Å². The molecule has 130 valence electrons. The number of aromatic nitrogens is 3. The van der Waals surface area contributed by atoms with Crippen LogP contribution in [-0.2, 0) is 4.79 Å². The number of hydrogen-bond acceptors (Lipinski definition) is 5. The molecule has 1 aromatic carbocycles. The van der Waals surface area contributed by atoms with Crippen LogP contribution in [0.5, 0.6) is 0 Å². The third-order valence-electron chi connectivity index (χ3n) is 5.04. The fraction of sp³-hybridized carbons (Fsp3) is 0.412. The molecule has 2 aromatic rings. The number of nitrogens with zero attached hydrogens (tertiary/aromatic N) is 6. The second kappa shape index (κ2) is 5.30. The first-order valence-electron chi connectivity index (χ1n) is 8.28. The summed E-state index contributed by atoms with van der Waals surface area (Å²) in [6.07, 6.45) is -0.447. The van der Waals surface area contributed by atoms with E-state index in [0.29, 0.717) is 18.3 Å². The van der Waals surface area contributed by atoms with Crippen LogP contribution in [0.15, 0.2) is 24.3 Å². The van der Waals surface area contributed by atoms with Gasteiger partial charge < -0.3 is 9.80 Å². The molecule has 3 heterocycles. The maximum Gasteiger partial charge on any atom is 0.327 e. The van der Waals surface area contributed by atoms with Gasteiger partial charge in [0.15, 0.2) is 11.9 Å². The van der Waals surface area contributed by atoms with Gasteiger partial charge >= 0.3 is 6.03 Å². The molecule has 0 bridgehead atoms. The Balaban J connectivity index is 1.89. The summed E-state index contributed by atoms with van der Waals surface area (Å²) in [5.41, 5.74) is 2.06. The Labute approximate surface area is 145 Å². The van der Waals surface area contributed by atoms with Crippen LogP contribution in [0.4, 0.5) is 10.7 Å². The van der Waals surface area contributed by atoms with Gasteiger partial charge in [-0.05, 0) is 13.8 Å². The molecule has 3 amide bonds. The fourth-order valence-corrected chi connectivity index (χ4v) is 3.67. The minimum atomic E-state index is -0.479. The van der Waals surface area contributed by atoms with Crippen LogP contribution >= 0.6 is 0 Å². The van der Waals surface area contributed by atoms with Gasteiger partial charge in [0.05, 0.1) is 0 Å².